The molecule has 106 valence electrons. The second kappa shape index (κ2) is 6.42. The lowest BCUT2D eigenvalue weighted by Crippen LogP contribution is -2.09. The molecule has 21 heavy (non-hydrogen) atoms. The minimum absolute atomic E-state index is 0.0652. The number of amides is 1. The molecule has 0 radical (unpaired) electrons. The van der Waals surface area contributed by atoms with Crippen LogP contribution in [0.3, 0.4) is 0 Å². The number of carbonyl (C=O) groups excluding carboxylic acids is 1. The Morgan fingerprint density at radius 1 is 1.33 bits per heavy atom. The summed E-state index contributed by atoms with van der Waals surface area (Å²) >= 11 is 0. The number of benzene rings is 1. The number of rotatable bonds is 4. The number of nitrogens with one attached hydrogen (secondary N) is 1. The Labute approximate surface area is 121 Å². The Balaban J connectivity index is 2.11. The Morgan fingerprint density at radius 2 is 2.14 bits per heavy atom. The fourth-order valence-corrected chi connectivity index (χ4v) is 1.67. The molecule has 0 aliphatic carbocycles. The number of aromatic nitrogens is 1. The smallest absolute Gasteiger partial charge is 0.271 e. The maximum absolute atomic E-state index is 11.8. The maximum atomic E-state index is 11.8. The van der Waals surface area contributed by atoms with Crippen LogP contribution in [0.5, 0.6) is 0 Å². The zero-order valence-corrected chi connectivity index (χ0v) is 11.3. The highest BCUT2D eigenvalue weighted by Gasteiger charge is 2.09. The van der Waals surface area contributed by atoms with E-state index in [0.29, 0.717) is 11.4 Å². The van der Waals surface area contributed by atoms with Crippen molar-refractivity contribution < 1.29 is 9.72 Å². The van der Waals surface area contributed by atoms with E-state index in [0.717, 1.165) is 5.56 Å². The Morgan fingerprint density at radius 3 is 2.81 bits per heavy atom. The van der Waals surface area contributed by atoms with Crippen molar-refractivity contribution in [2.75, 3.05) is 5.32 Å². The normalized spacial score (nSPS) is 10.5. The van der Waals surface area contributed by atoms with Crippen molar-refractivity contribution in [3.05, 3.63) is 70.0 Å². The maximum Gasteiger partial charge on any atom is 0.271 e. The summed E-state index contributed by atoms with van der Waals surface area (Å²) in [4.78, 5) is 26.1. The van der Waals surface area contributed by atoms with Crippen LogP contribution in [0.15, 0.2) is 48.7 Å². The van der Waals surface area contributed by atoms with Crippen LogP contribution in [0.4, 0.5) is 11.4 Å². The van der Waals surface area contributed by atoms with Gasteiger partial charge in [-0.1, -0.05) is 12.1 Å². The van der Waals surface area contributed by atoms with Crippen LogP contribution in [0.1, 0.15) is 11.3 Å². The SMILES string of the molecule is Cc1ccc([N+](=O)[O-])cc1NC(=O)C=Cc1ccccn1. The average molecular weight is 283 g/mol. The molecule has 0 fully saturated rings. The summed E-state index contributed by atoms with van der Waals surface area (Å²) in [6.07, 6.45) is 4.53. The summed E-state index contributed by atoms with van der Waals surface area (Å²) in [5.41, 5.74) is 1.76. The topological polar surface area (TPSA) is 85.1 Å². The van der Waals surface area contributed by atoms with Crippen LogP contribution in [0.25, 0.3) is 6.08 Å². The summed E-state index contributed by atoms with van der Waals surface area (Å²) in [6, 6.07) is 9.69. The fourth-order valence-electron chi connectivity index (χ4n) is 1.67. The number of hydrogen-bond acceptors (Lipinski definition) is 4. The van der Waals surface area contributed by atoms with Gasteiger partial charge in [-0.15, -0.1) is 0 Å². The molecule has 2 aromatic rings. The molecular formula is C15H13N3O3. The van der Waals surface area contributed by atoms with Crippen molar-refractivity contribution >= 4 is 23.4 Å². The van der Waals surface area contributed by atoms with Gasteiger partial charge in [0.15, 0.2) is 0 Å². The van der Waals surface area contributed by atoms with Crippen LogP contribution in [0, 0.1) is 17.0 Å². The molecule has 0 bridgehead atoms. The van der Waals surface area contributed by atoms with Gasteiger partial charge >= 0.3 is 0 Å². The highest BCUT2D eigenvalue weighted by atomic mass is 16.6. The highest BCUT2D eigenvalue weighted by molar-refractivity contribution is 6.02. The third-order valence-electron chi connectivity index (χ3n) is 2.78. The molecular weight excluding hydrogens is 270 g/mol. The molecule has 0 unspecified atom stereocenters. The zero-order valence-electron chi connectivity index (χ0n) is 11.3. The predicted molar refractivity (Wildman–Crippen MR) is 79.7 cm³/mol. The van der Waals surface area contributed by atoms with Crippen LogP contribution in [-0.2, 0) is 4.79 Å². The lowest BCUT2D eigenvalue weighted by molar-refractivity contribution is -0.384. The van der Waals surface area contributed by atoms with Crippen molar-refractivity contribution in [3.63, 3.8) is 0 Å². The highest BCUT2D eigenvalue weighted by Crippen LogP contribution is 2.21. The van der Waals surface area contributed by atoms with Gasteiger partial charge in [0.1, 0.15) is 0 Å². The lowest BCUT2D eigenvalue weighted by Gasteiger charge is -2.05. The Kier molecular flexibility index (Phi) is 4.40. The molecule has 0 aliphatic rings. The number of carbonyl (C=O) groups is 1. The fraction of sp³-hybridized carbons (Fsp3) is 0.0667. The van der Waals surface area contributed by atoms with Crippen molar-refractivity contribution in [2.45, 2.75) is 6.92 Å². The number of aryl methyl sites for hydroxylation is 1. The van der Waals surface area contributed by atoms with E-state index < -0.39 is 4.92 Å². The number of nitrogens with zero attached hydrogens (tertiary/aromatic N) is 2. The molecule has 0 saturated heterocycles. The third-order valence-corrected chi connectivity index (χ3v) is 2.78. The van der Waals surface area contributed by atoms with E-state index in [9.17, 15) is 14.9 Å². The second-order valence-corrected chi connectivity index (χ2v) is 4.33. The van der Waals surface area contributed by atoms with E-state index in [1.165, 1.54) is 18.2 Å². The van der Waals surface area contributed by atoms with Gasteiger partial charge in [0, 0.05) is 24.4 Å². The minimum Gasteiger partial charge on any atom is -0.322 e. The van der Waals surface area contributed by atoms with Gasteiger partial charge < -0.3 is 5.32 Å². The van der Waals surface area contributed by atoms with Crippen LogP contribution >= 0.6 is 0 Å². The first kappa shape index (κ1) is 14.4. The zero-order chi connectivity index (χ0) is 15.2. The first-order valence-electron chi connectivity index (χ1n) is 6.21. The van der Waals surface area contributed by atoms with Gasteiger partial charge in [-0.2, -0.15) is 0 Å². The minimum atomic E-state index is -0.501. The van der Waals surface area contributed by atoms with Gasteiger partial charge in [0.2, 0.25) is 5.91 Å². The van der Waals surface area contributed by atoms with Gasteiger partial charge in [-0.3, -0.25) is 19.9 Å². The molecule has 2 rings (SSSR count). The number of anilines is 1. The molecule has 0 aliphatic heterocycles. The molecule has 6 nitrogen and oxygen atoms in total. The number of non-ortho nitro benzene ring substituents is 1. The van der Waals surface area contributed by atoms with Crippen molar-refractivity contribution in [1.29, 1.82) is 0 Å². The van der Waals surface area contributed by atoms with Crippen LogP contribution in [0.2, 0.25) is 0 Å². The van der Waals surface area contributed by atoms with E-state index in [1.54, 1.807) is 37.4 Å². The second-order valence-electron chi connectivity index (χ2n) is 4.33. The number of nitro benzene ring substituents is 1. The van der Waals surface area contributed by atoms with E-state index >= 15 is 0 Å². The molecule has 0 saturated carbocycles. The third kappa shape index (κ3) is 3.97. The molecule has 6 heteroatoms. The summed E-state index contributed by atoms with van der Waals surface area (Å²) in [5.74, 6) is -0.371. The molecule has 1 heterocycles. The largest absolute Gasteiger partial charge is 0.322 e. The summed E-state index contributed by atoms with van der Waals surface area (Å²) < 4.78 is 0. The summed E-state index contributed by atoms with van der Waals surface area (Å²) in [7, 11) is 0. The van der Waals surface area contributed by atoms with Crippen LogP contribution in [-0.4, -0.2) is 15.8 Å². The van der Waals surface area contributed by atoms with Crippen molar-refractivity contribution in [3.8, 4) is 0 Å². The molecule has 1 amide bonds. The quantitative estimate of drug-likeness (QED) is 0.531. The van der Waals surface area contributed by atoms with Crippen LogP contribution < -0.4 is 5.32 Å². The standard InChI is InChI=1S/C15H13N3O3/c1-11-5-7-13(18(20)21)10-14(11)17-15(19)8-6-12-4-2-3-9-16-12/h2-10H,1H3,(H,17,19). The van der Waals surface area contributed by atoms with Gasteiger partial charge in [0.05, 0.1) is 16.3 Å². The Hall–Kier alpha value is -3.02. The van der Waals surface area contributed by atoms with E-state index in [4.69, 9.17) is 0 Å². The molecule has 1 aromatic carbocycles. The first-order valence-corrected chi connectivity index (χ1v) is 6.21. The molecule has 1 N–H and O–H groups in total. The predicted octanol–water partition coefficient (Wildman–Crippen LogP) is 2.95. The first-order chi connectivity index (χ1) is 10.1. The van der Waals surface area contributed by atoms with Crippen molar-refractivity contribution in [1.82, 2.24) is 4.98 Å². The van der Waals surface area contributed by atoms with Gasteiger partial charge in [-0.25, -0.2) is 0 Å². The number of pyridine rings is 1. The average Bonchev–Trinajstić information content (AvgIpc) is 2.48. The lowest BCUT2D eigenvalue weighted by atomic mass is 10.2. The summed E-state index contributed by atoms with van der Waals surface area (Å²) in [5, 5.41) is 13.3. The van der Waals surface area contributed by atoms with E-state index in [-0.39, 0.29) is 11.6 Å². The van der Waals surface area contributed by atoms with Crippen molar-refractivity contribution in [2.24, 2.45) is 0 Å². The molecule has 0 atom stereocenters. The van der Waals surface area contributed by atoms with Gasteiger partial charge in [0.25, 0.3) is 5.69 Å². The molecule has 0 spiro atoms. The van der Waals surface area contributed by atoms with Gasteiger partial charge in [-0.05, 0) is 30.7 Å². The Bertz CT molecular complexity index is 697. The molecule has 1 aromatic heterocycles. The van der Waals surface area contributed by atoms with E-state index in [1.807, 2.05) is 6.07 Å². The number of nitro groups is 1. The monoisotopic (exact) mass is 283 g/mol. The number of hydrogen-bond donors (Lipinski definition) is 1. The van der Waals surface area contributed by atoms with E-state index in [2.05, 4.69) is 10.3 Å². The summed E-state index contributed by atoms with van der Waals surface area (Å²) in [6.45, 7) is 1.77.